The zero-order valence-electron chi connectivity index (χ0n) is 9.88. The number of rotatable bonds is 3. The predicted molar refractivity (Wildman–Crippen MR) is 73.8 cm³/mol. The van der Waals surface area contributed by atoms with E-state index in [1.165, 1.54) is 0 Å². The summed E-state index contributed by atoms with van der Waals surface area (Å²) >= 11 is 5.79. The Morgan fingerprint density at radius 1 is 1.00 bits per heavy atom. The van der Waals surface area contributed by atoms with E-state index in [0.717, 1.165) is 0 Å². The lowest BCUT2D eigenvalue weighted by Gasteiger charge is -2.06. The zero-order valence-corrected chi connectivity index (χ0v) is 10.6. The van der Waals surface area contributed by atoms with Gasteiger partial charge in [0.2, 0.25) is 0 Å². The number of ether oxygens (including phenoxy) is 1. The van der Waals surface area contributed by atoms with Crippen molar-refractivity contribution in [3.8, 4) is 11.5 Å². The molecule has 0 radical (unpaired) electrons. The minimum absolute atomic E-state index is 0.000503. The molecule has 6 heteroatoms. The smallest absolute Gasteiger partial charge is 0.176 e. The number of nitrogens with zero attached hydrogens (tertiary/aromatic N) is 2. The van der Waals surface area contributed by atoms with Crippen LogP contribution < -0.4 is 10.6 Å². The minimum atomic E-state index is 0.000503. The number of hydrogen-bond acceptors (Lipinski definition) is 3. The second kappa shape index (κ2) is 5.97. The molecule has 0 heterocycles. The Morgan fingerprint density at radius 3 is 2.05 bits per heavy atom. The molecule has 19 heavy (non-hydrogen) atoms. The number of nitrogens with one attached hydrogen (secondary N) is 1. The Bertz CT molecular complexity index is 593. The third kappa shape index (κ3) is 3.53. The first-order valence-electron chi connectivity index (χ1n) is 5.42. The van der Waals surface area contributed by atoms with E-state index in [-0.39, 0.29) is 5.84 Å². The quantitative estimate of drug-likeness (QED) is 0.293. The van der Waals surface area contributed by atoms with Crippen molar-refractivity contribution in [2.45, 2.75) is 0 Å². The maximum Gasteiger partial charge on any atom is 0.176 e. The van der Waals surface area contributed by atoms with Crippen LogP contribution in [-0.2, 0) is 0 Å². The van der Waals surface area contributed by atoms with E-state index >= 15 is 0 Å². The minimum Gasteiger partial charge on any atom is -0.457 e. The van der Waals surface area contributed by atoms with Crippen molar-refractivity contribution in [1.29, 1.82) is 5.41 Å². The fourth-order valence-corrected chi connectivity index (χ4v) is 1.56. The maximum absolute atomic E-state index is 7.55. The molecule has 0 unspecified atom stereocenters. The van der Waals surface area contributed by atoms with E-state index in [1.807, 2.05) is 0 Å². The Morgan fingerprint density at radius 2 is 1.53 bits per heavy atom. The highest BCUT2D eigenvalue weighted by molar-refractivity contribution is 6.30. The predicted octanol–water partition coefficient (Wildman–Crippen LogP) is 3.78. The van der Waals surface area contributed by atoms with E-state index in [4.69, 9.17) is 27.6 Å². The van der Waals surface area contributed by atoms with Crippen molar-refractivity contribution in [3.05, 3.63) is 59.1 Å². The highest BCUT2D eigenvalue weighted by atomic mass is 35.5. The lowest BCUT2D eigenvalue weighted by molar-refractivity contribution is 0.482. The molecule has 0 amide bonds. The molecule has 0 aliphatic carbocycles. The Kier molecular flexibility index (Phi) is 4.10. The van der Waals surface area contributed by atoms with E-state index in [2.05, 4.69) is 10.3 Å². The summed E-state index contributed by atoms with van der Waals surface area (Å²) in [5, 5.41) is 14.7. The van der Waals surface area contributed by atoms with Crippen molar-refractivity contribution in [2.24, 2.45) is 16.2 Å². The van der Waals surface area contributed by atoms with Gasteiger partial charge in [0, 0.05) is 10.6 Å². The molecule has 0 aliphatic rings. The van der Waals surface area contributed by atoms with Crippen LogP contribution in [-0.4, -0.2) is 5.84 Å². The summed E-state index contributed by atoms with van der Waals surface area (Å²) in [5.41, 5.74) is 0.609. The SMILES string of the molecule is N=C(N=NN)c1ccc(Oc2ccc(Cl)cc2)cc1. The molecule has 0 atom stereocenters. The molecule has 0 fully saturated rings. The van der Waals surface area contributed by atoms with Gasteiger partial charge in [-0.25, -0.2) is 0 Å². The van der Waals surface area contributed by atoms with Crippen molar-refractivity contribution in [2.75, 3.05) is 0 Å². The van der Waals surface area contributed by atoms with Crippen molar-refractivity contribution in [3.63, 3.8) is 0 Å². The molecule has 5 nitrogen and oxygen atoms in total. The standard InChI is InChI=1S/C13H11ClN4O/c14-10-3-7-12(8-4-10)19-11-5-1-9(2-6-11)13(15)17-18-16/h1-8H,(H3,15,16,17). The summed E-state index contributed by atoms with van der Waals surface area (Å²) in [6.07, 6.45) is 0. The Balaban J connectivity index is 2.10. The summed E-state index contributed by atoms with van der Waals surface area (Å²) in [5.74, 6) is 6.24. The molecule has 0 aliphatic heterocycles. The van der Waals surface area contributed by atoms with Crippen LogP contribution in [0.1, 0.15) is 5.56 Å². The van der Waals surface area contributed by atoms with Gasteiger partial charge in [0.1, 0.15) is 11.5 Å². The fraction of sp³-hybridized carbons (Fsp3) is 0. The molecule has 0 aromatic heterocycles. The summed E-state index contributed by atoms with van der Waals surface area (Å²) < 4.78 is 5.62. The van der Waals surface area contributed by atoms with Gasteiger partial charge in [-0.2, -0.15) is 0 Å². The Hall–Kier alpha value is -2.40. The van der Waals surface area contributed by atoms with Crippen LogP contribution in [0, 0.1) is 5.41 Å². The normalized spacial score (nSPS) is 10.6. The number of nitrogens with two attached hydrogens (primary N) is 1. The summed E-state index contributed by atoms with van der Waals surface area (Å²) in [6, 6.07) is 14.0. The Labute approximate surface area is 115 Å². The van der Waals surface area contributed by atoms with E-state index < -0.39 is 0 Å². The number of amidine groups is 1. The highest BCUT2D eigenvalue weighted by Gasteiger charge is 2.01. The van der Waals surface area contributed by atoms with Crippen molar-refractivity contribution < 1.29 is 4.74 Å². The van der Waals surface area contributed by atoms with Gasteiger partial charge in [0.05, 0.1) is 0 Å². The molecular formula is C13H11ClN4O. The summed E-state index contributed by atoms with van der Waals surface area (Å²) in [4.78, 5) is 0. The van der Waals surface area contributed by atoms with Gasteiger partial charge in [-0.05, 0) is 48.5 Å². The van der Waals surface area contributed by atoms with Gasteiger partial charge in [0.15, 0.2) is 5.84 Å². The monoisotopic (exact) mass is 274 g/mol. The largest absolute Gasteiger partial charge is 0.457 e. The topological polar surface area (TPSA) is 83.8 Å². The van der Waals surface area contributed by atoms with Crippen LogP contribution in [0.2, 0.25) is 5.02 Å². The first-order valence-corrected chi connectivity index (χ1v) is 5.80. The fourth-order valence-electron chi connectivity index (χ4n) is 1.44. The van der Waals surface area contributed by atoms with Gasteiger partial charge < -0.3 is 10.6 Å². The summed E-state index contributed by atoms with van der Waals surface area (Å²) in [6.45, 7) is 0. The van der Waals surface area contributed by atoms with E-state index in [1.54, 1.807) is 48.5 Å². The van der Waals surface area contributed by atoms with Crippen molar-refractivity contribution in [1.82, 2.24) is 0 Å². The molecule has 2 aromatic carbocycles. The first-order chi connectivity index (χ1) is 9.19. The third-order valence-electron chi connectivity index (χ3n) is 2.33. The molecule has 0 bridgehead atoms. The van der Waals surface area contributed by atoms with Crippen LogP contribution in [0.25, 0.3) is 0 Å². The van der Waals surface area contributed by atoms with Gasteiger partial charge >= 0.3 is 0 Å². The van der Waals surface area contributed by atoms with Gasteiger partial charge in [0.25, 0.3) is 0 Å². The highest BCUT2D eigenvalue weighted by Crippen LogP contribution is 2.23. The zero-order chi connectivity index (χ0) is 13.7. The average molecular weight is 275 g/mol. The van der Waals surface area contributed by atoms with Gasteiger partial charge in [-0.15, -0.1) is 5.11 Å². The second-order valence-corrected chi connectivity index (χ2v) is 4.08. The first kappa shape index (κ1) is 13.0. The third-order valence-corrected chi connectivity index (χ3v) is 2.59. The van der Waals surface area contributed by atoms with Crippen LogP contribution in [0.5, 0.6) is 11.5 Å². The van der Waals surface area contributed by atoms with E-state index in [9.17, 15) is 0 Å². The molecule has 2 aromatic rings. The van der Waals surface area contributed by atoms with Gasteiger partial charge in [-0.3, -0.25) is 5.41 Å². The average Bonchev–Trinajstić information content (AvgIpc) is 2.42. The van der Waals surface area contributed by atoms with Crippen LogP contribution >= 0.6 is 11.6 Å². The number of hydrogen-bond donors (Lipinski definition) is 2. The van der Waals surface area contributed by atoms with Gasteiger partial charge in [-0.1, -0.05) is 16.8 Å². The molecular weight excluding hydrogens is 264 g/mol. The van der Waals surface area contributed by atoms with Crippen molar-refractivity contribution >= 4 is 17.4 Å². The van der Waals surface area contributed by atoms with Crippen LogP contribution in [0.4, 0.5) is 0 Å². The molecule has 0 saturated heterocycles. The van der Waals surface area contributed by atoms with Crippen LogP contribution in [0.15, 0.2) is 58.9 Å². The molecule has 2 rings (SSSR count). The van der Waals surface area contributed by atoms with Crippen LogP contribution in [0.3, 0.4) is 0 Å². The maximum atomic E-state index is 7.55. The lowest BCUT2D eigenvalue weighted by Crippen LogP contribution is -1.95. The summed E-state index contributed by atoms with van der Waals surface area (Å²) in [7, 11) is 0. The molecule has 0 spiro atoms. The number of benzene rings is 2. The second-order valence-electron chi connectivity index (χ2n) is 3.64. The molecule has 3 N–H and O–H groups in total. The lowest BCUT2D eigenvalue weighted by atomic mass is 10.2. The van der Waals surface area contributed by atoms with E-state index in [0.29, 0.717) is 22.1 Å². The molecule has 0 saturated carbocycles. The number of halogens is 1. The molecule has 96 valence electrons.